The van der Waals surface area contributed by atoms with Gasteiger partial charge in [0.2, 0.25) is 0 Å². The van der Waals surface area contributed by atoms with Crippen LogP contribution in [0.25, 0.3) is 0 Å². The van der Waals surface area contributed by atoms with Crippen LogP contribution in [0.15, 0.2) is 23.6 Å². The van der Waals surface area contributed by atoms with Crippen LogP contribution in [0, 0.1) is 0 Å². The van der Waals surface area contributed by atoms with E-state index in [4.69, 9.17) is 0 Å². The first-order valence-corrected chi connectivity index (χ1v) is 6.52. The van der Waals surface area contributed by atoms with E-state index >= 15 is 0 Å². The number of rotatable bonds is 8. The third kappa shape index (κ3) is 6.76. The fourth-order valence-electron chi connectivity index (χ4n) is 1.23. The smallest absolute Gasteiger partial charge is 0.114 e. The average molecular weight is 240 g/mol. The molecule has 1 aromatic heterocycles. The van der Waals surface area contributed by atoms with E-state index in [1.165, 1.54) is 6.42 Å². The van der Waals surface area contributed by atoms with Crippen molar-refractivity contribution in [1.29, 1.82) is 0 Å². The van der Waals surface area contributed by atoms with E-state index in [0.29, 0.717) is 0 Å². The van der Waals surface area contributed by atoms with E-state index in [1.807, 2.05) is 0 Å². The highest BCUT2D eigenvalue weighted by Gasteiger charge is 1.94. The molecule has 1 aromatic rings. The maximum absolute atomic E-state index is 4.20. The lowest BCUT2D eigenvalue weighted by Gasteiger charge is -2.09. The van der Waals surface area contributed by atoms with Crippen LogP contribution in [0.3, 0.4) is 0 Å². The molecule has 0 unspecified atom stereocenters. The molecule has 1 heterocycles. The van der Waals surface area contributed by atoms with Gasteiger partial charge in [-0.3, -0.25) is 4.98 Å². The molecule has 1 rings (SSSR count). The molecule has 0 saturated carbocycles. The molecule has 0 atom stereocenters. The van der Waals surface area contributed by atoms with Crippen molar-refractivity contribution in [3.05, 3.63) is 18.6 Å². The highest BCUT2D eigenvalue weighted by molar-refractivity contribution is 7.99. The minimum Gasteiger partial charge on any atom is -0.316 e. The van der Waals surface area contributed by atoms with Gasteiger partial charge in [-0.1, -0.05) is 0 Å². The molecule has 0 bridgehead atoms. The normalized spacial score (nSPS) is 10.9. The van der Waals surface area contributed by atoms with Crippen LogP contribution >= 0.6 is 11.8 Å². The van der Waals surface area contributed by atoms with Gasteiger partial charge in [0, 0.05) is 24.7 Å². The minimum absolute atomic E-state index is 0.998. The number of aromatic nitrogens is 2. The van der Waals surface area contributed by atoms with E-state index in [9.17, 15) is 0 Å². The van der Waals surface area contributed by atoms with Crippen molar-refractivity contribution in [1.82, 2.24) is 20.2 Å². The Morgan fingerprint density at radius 1 is 1.31 bits per heavy atom. The van der Waals surface area contributed by atoms with Gasteiger partial charge in [0.15, 0.2) is 0 Å². The Balaban J connectivity index is 1.93. The predicted octanol–water partition coefficient (Wildman–Crippen LogP) is 1.11. The molecule has 0 aliphatic heterocycles. The Morgan fingerprint density at radius 2 is 2.19 bits per heavy atom. The average Bonchev–Trinajstić information content (AvgIpc) is 2.29. The number of thioether (sulfide) groups is 1. The second-order valence-corrected chi connectivity index (χ2v) is 4.91. The summed E-state index contributed by atoms with van der Waals surface area (Å²) in [7, 11) is 4.20. The van der Waals surface area contributed by atoms with Crippen LogP contribution in [0.1, 0.15) is 6.42 Å². The van der Waals surface area contributed by atoms with Crippen molar-refractivity contribution >= 4 is 11.8 Å². The molecule has 0 saturated heterocycles. The first-order chi connectivity index (χ1) is 7.79. The van der Waals surface area contributed by atoms with Crippen LogP contribution in [0.5, 0.6) is 0 Å². The molecule has 0 fully saturated rings. The molecule has 0 aliphatic carbocycles. The Hall–Kier alpha value is -0.650. The van der Waals surface area contributed by atoms with Gasteiger partial charge in [0.05, 0.1) is 6.20 Å². The molecule has 90 valence electrons. The lowest BCUT2D eigenvalue weighted by atomic mass is 10.4. The lowest BCUT2D eigenvalue weighted by Crippen LogP contribution is -2.23. The quantitative estimate of drug-likeness (QED) is 0.544. The van der Waals surface area contributed by atoms with Gasteiger partial charge < -0.3 is 10.2 Å². The first kappa shape index (κ1) is 13.4. The zero-order valence-corrected chi connectivity index (χ0v) is 10.8. The van der Waals surface area contributed by atoms with Gasteiger partial charge in [-0.25, -0.2) is 4.98 Å². The SMILES string of the molecule is CN(C)CCCNCCSc1cnccn1. The molecule has 16 heavy (non-hydrogen) atoms. The van der Waals surface area contributed by atoms with Crippen molar-refractivity contribution < 1.29 is 0 Å². The van der Waals surface area contributed by atoms with Crippen LogP contribution in [0.2, 0.25) is 0 Å². The Labute approximate surface area is 102 Å². The Kier molecular flexibility index (Phi) is 7.12. The summed E-state index contributed by atoms with van der Waals surface area (Å²) in [6.07, 6.45) is 6.43. The summed E-state index contributed by atoms with van der Waals surface area (Å²) in [5, 5.41) is 4.41. The third-order valence-corrected chi connectivity index (χ3v) is 2.94. The third-order valence-electron chi connectivity index (χ3n) is 2.03. The molecule has 0 radical (unpaired) electrons. The highest BCUT2D eigenvalue weighted by atomic mass is 32.2. The summed E-state index contributed by atoms with van der Waals surface area (Å²) < 4.78 is 0. The van der Waals surface area contributed by atoms with Gasteiger partial charge in [-0.2, -0.15) is 0 Å². The second kappa shape index (κ2) is 8.50. The molecule has 4 nitrogen and oxygen atoms in total. The molecule has 0 aromatic carbocycles. The Morgan fingerprint density at radius 3 is 2.88 bits per heavy atom. The zero-order valence-electron chi connectivity index (χ0n) is 10.0. The van der Waals surface area contributed by atoms with Gasteiger partial charge in [0.1, 0.15) is 5.03 Å². The standard InChI is InChI=1S/C11H20N4S/c1-15(2)8-3-4-12-7-9-16-11-10-13-5-6-14-11/h5-6,10,12H,3-4,7-9H2,1-2H3. The topological polar surface area (TPSA) is 41.0 Å². The maximum Gasteiger partial charge on any atom is 0.114 e. The summed E-state index contributed by atoms with van der Waals surface area (Å²) in [5.41, 5.74) is 0. The van der Waals surface area contributed by atoms with Gasteiger partial charge in [-0.05, 0) is 33.6 Å². The van der Waals surface area contributed by atoms with Crippen molar-refractivity contribution in [3.8, 4) is 0 Å². The molecule has 0 spiro atoms. The number of nitrogens with zero attached hydrogens (tertiary/aromatic N) is 3. The fraction of sp³-hybridized carbons (Fsp3) is 0.636. The highest BCUT2D eigenvalue weighted by Crippen LogP contribution is 2.11. The van der Waals surface area contributed by atoms with Gasteiger partial charge >= 0.3 is 0 Å². The second-order valence-electron chi connectivity index (χ2n) is 3.80. The summed E-state index contributed by atoms with van der Waals surface area (Å²) in [4.78, 5) is 10.4. The summed E-state index contributed by atoms with van der Waals surface area (Å²) >= 11 is 1.74. The van der Waals surface area contributed by atoms with Crippen LogP contribution < -0.4 is 5.32 Å². The molecule has 0 aliphatic rings. The fourth-order valence-corrected chi connectivity index (χ4v) is 1.96. The lowest BCUT2D eigenvalue weighted by molar-refractivity contribution is 0.396. The molecular weight excluding hydrogens is 220 g/mol. The predicted molar refractivity (Wildman–Crippen MR) is 68.8 cm³/mol. The monoisotopic (exact) mass is 240 g/mol. The van der Waals surface area contributed by atoms with Crippen LogP contribution in [-0.4, -0.2) is 54.4 Å². The number of hydrogen-bond acceptors (Lipinski definition) is 5. The summed E-state index contributed by atoms with van der Waals surface area (Å²) in [6, 6.07) is 0. The summed E-state index contributed by atoms with van der Waals surface area (Å²) in [5.74, 6) is 1.04. The van der Waals surface area contributed by atoms with Crippen molar-refractivity contribution in [2.45, 2.75) is 11.4 Å². The molecule has 0 amide bonds. The van der Waals surface area contributed by atoms with E-state index in [0.717, 1.165) is 30.4 Å². The summed E-state index contributed by atoms with van der Waals surface area (Å²) in [6.45, 7) is 3.25. The van der Waals surface area contributed by atoms with Gasteiger partial charge in [-0.15, -0.1) is 11.8 Å². The Bertz CT molecular complexity index is 266. The van der Waals surface area contributed by atoms with Crippen molar-refractivity contribution in [2.24, 2.45) is 0 Å². The van der Waals surface area contributed by atoms with E-state index in [2.05, 4.69) is 34.3 Å². The maximum atomic E-state index is 4.20. The first-order valence-electron chi connectivity index (χ1n) is 5.53. The van der Waals surface area contributed by atoms with Crippen molar-refractivity contribution in [2.75, 3.05) is 39.5 Å². The molecule has 5 heteroatoms. The van der Waals surface area contributed by atoms with E-state index in [-0.39, 0.29) is 0 Å². The van der Waals surface area contributed by atoms with Crippen molar-refractivity contribution in [3.63, 3.8) is 0 Å². The van der Waals surface area contributed by atoms with Crippen LogP contribution in [-0.2, 0) is 0 Å². The molecule has 1 N–H and O–H groups in total. The minimum atomic E-state index is 0.998. The van der Waals surface area contributed by atoms with Crippen LogP contribution in [0.4, 0.5) is 0 Å². The number of nitrogens with one attached hydrogen (secondary N) is 1. The van der Waals surface area contributed by atoms with E-state index in [1.54, 1.807) is 30.4 Å². The zero-order chi connectivity index (χ0) is 11.6. The largest absolute Gasteiger partial charge is 0.316 e. The number of hydrogen-bond donors (Lipinski definition) is 1. The molecular formula is C11H20N4S. The van der Waals surface area contributed by atoms with Gasteiger partial charge in [0.25, 0.3) is 0 Å². The van der Waals surface area contributed by atoms with E-state index < -0.39 is 0 Å².